The van der Waals surface area contributed by atoms with E-state index in [2.05, 4.69) is 13.2 Å². The van der Waals surface area contributed by atoms with E-state index in [1.165, 1.54) is 6.20 Å². The first-order valence-corrected chi connectivity index (χ1v) is 5.41. The summed E-state index contributed by atoms with van der Waals surface area (Å²) in [6.45, 7) is 8.95. The first-order valence-electron chi connectivity index (χ1n) is 3.91. The molecule has 0 aromatic carbocycles. The first kappa shape index (κ1) is 10.7. The van der Waals surface area contributed by atoms with Crippen LogP contribution in [0.5, 0.6) is 0 Å². The monoisotopic (exact) mass is 212 g/mol. The summed E-state index contributed by atoms with van der Waals surface area (Å²) in [5, 5.41) is 4.99. The zero-order chi connectivity index (χ0) is 10.9. The Bertz CT molecular complexity index is 483. The molecule has 76 valence electrons. The van der Waals surface area contributed by atoms with E-state index in [1.54, 1.807) is 19.1 Å². The highest BCUT2D eigenvalue weighted by Crippen LogP contribution is 2.19. The lowest BCUT2D eigenvalue weighted by Gasteiger charge is -2.03. The largest absolute Gasteiger partial charge is 0.302 e. The highest BCUT2D eigenvalue weighted by Gasteiger charge is 2.12. The highest BCUT2D eigenvalue weighted by atomic mass is 32.2. The molecule has 4 nitrogen and oxygen atoms in total. The van der Waals surface area contributed by atoms with Gasteiger partial charge in [-0.2, -0.15) is 8.42 Å². The average Bonchev–Trinajstić information content (AvgIpc) is 2.45. The van der Waals surface area contributed by atoms with Crippen molar-refractivity contribution in [3.8, 4) is 0 Å². The topological polar surface area (TPSA) is 65.1 Å². The quantitative estimate of drug-likeness (QED) is 0.761. The van der Waals surface area contributed by atoms with Crippen LogP contribution in [0, 0.1) is 6.92 Å². The van der Waals surface area contributed by atoms with Gasteiger partial charge in [0, 0.05) is 17.5 Å². The second kappa shape index (κ2) is 3.43. The number of nitrogens with two attached hydrogens (primary N) is 1. The molecule has 1 rings (SSSR count). The molecule has 0 aliphatic carbocycles. The van der Waals surface area contributed by atoms with E-state index < -0.39 is 10.2 Å². The van der Waals surface area contributed by atoms with Crippen molar-refractivity contribution in [3.63, 3.8) is 0 Å². The number of hydrogen-bond donors (Lipinski definition) is 1. The van der Waals surface area contributed by atoms with Gasteiger partial charge >= 0.3 is 10.2 Å². The molecule has 0 aliphatic heterocycles. The summed E-state index contributed by atoms with van der Waals surface area (Å²) in [5.74, 6) is 0. The number of aromatic nitrogens is 1. The Hall–Kier alpha value is -1.33. The van der Waals surface area contributed by atoms with Crippen LogP contribution in [0.25, 0.3) is 5.57 Å². The van der Waals surface area contributed by atoms with Crippen LogP contribution in [-0.4, -0.2) is 12.4 Å². The van der Waals surface area contributed by atoms with Gasteiger partial charge in [0.1, 0.15) is 0 Å². The zero-order valence-corrected chi connectivity index (χ0v) is 8.71. The van der Waals surface area contributed by atoms with Crippen molar-refractivity contribution in [3.05, 3.63) is 42.8 Å². The van der Waals surface area contributed by atoms with Gasteiger partial charge < -0.3 is 0 Å². The van der Waals surface area contributed by atoms with Crippen LogP contribution in [-0.2, 0) is 10.2 Å². The molecule has 2 N–H and O–H groups in total. The normalized spacial score (nSPS) is 11.3. The van der Waals surface area contributed by atoms with Crippen LogP contribution in [0.15, 0.2) is 31.5 Å². The predicted molar refractivity (Wildman–Crippen MR) is 56.9 cm³/mol. The van der Waals surface area contributed by atoms with Crippen molar-refractivity contribution >= 4 is 15.8 Å². The van der Waals surface area contributed by atoms with Gasteiger partial charge in [-0.1, -0.05) is 19.2 Å². The van der Waals surface area contributed by atoms with E-state index in [0.717, 1.165) is 9.54 Å². The summed E-state index contributed by atoms with van der Waals surface area (Å²) < 4.78 is 23.1. The summed E-state index contributed by atoms with van der Waals surface area (Å²) >= 11 is 0. The molecule has 0 bridgehead atoms. The summed E-state index contributed by atoms with van der Waals surface area (Å²) in [5.41, 5.74) is 1.94. The Morgan fingerprint density at radius 3 is 2.57 bits per heavy atom. The predicted octanol–water partition coefficient (Wildman–Crippen LogP) is 1.05. The van der Waals surface area contributed by atoms with Crippen LogP contribution in [0.4, 0.5) is 0 Å². The number of rotatable bonds is 3. The van der Waals surface area contributed by atoms with Crippen LogP contribution >= 0.6 is 0 Å². The molecule has 0 aliphatic rings. The summed E-state index contributed by atoms with van der Waals surface area (Å²) in [6, 6.07) is 1.64. The molecular formula is C9H12N2O2S. The van der Waals surface area contributed by atoms with Gasteiger partial charge in [0.2, 0.25) is 0 Å². The molecule has 0 amide bonds. The third-order valence-electron chi connectivity index (χ3n) is 1.96. The lowest BCUT2D eigenvalue weighted by atomic mass is 10.1. The molecule has 5 heteroatoms. The minimum atomic E-state index is -3.71. The minimum Gasteiger partial charge on any atom is -0.237 e. The fourth-order valence-electron chi connectivity index (χ4n) is 1.22. The molecule has 1 heterocycles. The minimum absolute atomic E-state index is 0.539. The van der Waals surface area contributed by atoms with Crippen LogP contribution < -0.4 is 5.14 Å². The maximum atomic E-state index is 11.1. The molecule has 14 heavy (non-hydrogen) atoms. The molecule has 0 saturated carbocycles. The number of allylic oxidation sites excluding steroid dienone is 2. The van der Waals surface area contributed by atoms with Crippen molar-refractivity contribution in [1.29, 1.82) is 0 Å². The highest BCUT2D eigenvalue weighted by molar-refractivity contribution is 7.87. The van der Waals surface area contributed by atoms with Gasteiger partial charge in [0.05, 0.1) is 0 Å². The second-order valence-corrected chi connectivity index (χ2v) is 4.31. The van der Waals surface area contributed by atoms with Gasteiger partial charge in [0.25, 0.3) is 0 Å². The molecule has 0 atom stereocenters. The molecule has 0 unspecified atom stereocenters. The Kier molecular flexibility index (Phi) is 2.64. The Balaban J connectivity index is 3.36. The second-order valence-electron chi connectivity index (χ2n) is 2.88. The Labute approximate surface area is 83.5 Å². The van der Waals surface area contributed by atoms with Crippen LogP contribution in [0.3, 0.4) is 0 Å². The fraction of sp³-hybridized carbons (Fsp3) is 0.111. The van der Waals surface area contributed by atoms with E-state index in [-0.39, 0.29) is 0 Å². The third kappa shape index (κ3) is 1.78. The summed E-state index contributed by atoms with van der Waals surface area (Å²) in [6.07, 6.45) is 2.96. The summed E-state index contributed by atoms with van der Waals surface area (Å²) in [7, 11) is -3.71. The first-order chi connectivity index (χ1) is 6.38. The molecular weight excluding hydrogens is 200 g/mol. The van der Waals surface area contributed by atoms with E-state index in [4.69, 9.17) is 5.14 Å². The van der Waals surface area contributed by atoms with Gasteiger partial charge in [-0.25, -0.2) is 9.11 Å². The van der Waals surface area contributed by atoms with Crippen molar-refractivity contribution in [1.82, 2.24) is 3.97 Å². The van der Waals surface area contributed by atoms with Gasteiger partial charge in [-0.15, -0.1) is 0 Å². The van der Waals surface area contributed by atoms with E-state index in [0.29, 0.717) is 11.3 Å². The Morgan fingerprint density at radius 2 is 2.21 bits per heavy atom. The van der Waals surface area contributed by atoms with Gasteiger partial charge in [-0.3, -0.25) is 0 Å². The summed E-state index contributed by atoms with van der Waals surface area (Å²) in [4.78, 5) is 0. The van der Waals surface area contributed by atoms with E-state index in [1.807, 2.05) is 0 Å². The van der Waals surface area contributed by atoms with E-state index >= 15 is 0 Å². The SMILES string of the molecule is C=CC(=C)c1ccn(S(N)(=O)=O)c1C. The maximum Gasteiger partial charge on any atom is 0.302 e. The maximum absolute atomic E-state index is 11.1. The van der Waals surface area contributed by atoms with Gasteiger partial charge in [0.15, 0.2) is 0 Å². The molecule has 0 saturated heterocycles. The average molecular weight is 212 g/mol. The Morgan fingerprint density at radius 1 is 1.64 bits per heavy atom. The molecule has 0 radical (unpaired) electrons. The molecule has 1 aromatic heterocycles. The molecule has 1 aromatic rings. The molecule has 0 spiro atoms. The van der Waals surface area contributed by atoms with Crippen molar-refractivity contribution in [2.45, 2.75) is 6.92 Å². The lowest BCUT2D eigenvalue weighted by molar-refractivity contribution is 0.588. The van der Waals surface area contributed by atoms with Crippen molar-refractivity contribution < 1.29 is 8.42 Å². The van der Waals surface area contributed by atoms with Crippen molar-refractivity contribution in [2.75, 3.05) is 0 Å². The number of hydrogen-bond acceptors (Lipinski definition) is 2. The van der Waals surface area contributed by atoms with Crippen molar-refractivity contribution in [2.24, 2.45) is 5.14 Å². The van der Waals surface area contributed by atoms with Crippen LogP contribution in [0.1, 0.15) is 11.3 Å². The molecule has 0 fully saturated rings. The van der Waals surface area contributed by atoms with E-state index in [9.17, 15) is 8.42 Å². The smallest absolute Gasteiger partial charge is 0.237 e. The fourth-order valence-corrected chi connectivity index (χ4v) is 1.93. The van der Waals surface area contributed by atoms with Gasteiger partial charge in [-0.05, 0) is 18.6 Å². The zero-order valence-electron chi connectivity index (χ0n) is 7.90. The third-order valence-corrected chi connectivity index (χ3v) is 2.91. The van der Waals surface area contributed by atoms with Crippen LogP contribution in [0.2, 0.25) is 0 Å². The lowest BCUT2D eigenvalue weighted by Crippen LogP contribution is -2.22. The number of nitrogens with zero attached hydrogens (tertiary/aromatic N) is 1. The standard InChI is InChI=1S/C9H12N2O2S/c1-4-7(2)9-5-6-11(8(9)3)14(10,12)13/h4-6H,1-2H2,3H3,(H2,10,12,13).